The van der Waals surface area contributed by atoms with Crippen LogP contribution in [0.4, 0.5) is 5.69 Å². The maximum atomic E-state index is 10.7. The topological polar surface area (TPSA) is 54.6 Å². The Morgan fingerprint density at radius 2 is 2.28 bits per heavy atom. The SMILES string of the molecule is Cc1cccc(/N=c2/sc(CC(=O)O)cn2C)c1. The van der Waals surface area contributed by atoms with Crippen LogP contribution in [-0.2, 0) is 18.3 Å². The lowest BCUT2D eigenvalue weighted by Crippen LogP contribution is -2.07. The number of hydrogen-bond donors (Lipinski definition) is 1. The number of hydrogen-bond acceptors (Lipinski definition) is 3. The lowest BCUT2D eigenvalue weighted by molar-refractivity contribution is -0.136. The number of thiazole rings is 1. The molecule has 0 saturated heterocycles. The predicted octanol–water partition coefficient (Wildman–Crippen LogP) is 2.25. The van der Waals surface area contributed by atoms with Crippen molar-refractivity contribution in [2.24, 2.45) is 12.0 Å². The van der Waals surface area contributed by atoms with E-state index in [0.717, 1.165) is 20.9 Å². The van der Waals surface area contributed by atoms with Gasteiger partial charge in [0, 0.05) is 18.1 Å². The molecule has 0 atom stereocenters. The predicted molar refractivity (Wildman–Crippen MR) is 71.0 cm³/mol. The maximum Gasteiger partial charge on any atom is 0.308 e. The number of benzene rings is 1. The highest BCUT2D eigenvalue weighted by atomic mass is 32.1. The average molecular weight is 262 g/mol. The third kappa shape index (κ3) is 3.07. The standard InChI is InChI=1S/C13H14N2O2S/c1-9-4-3-5-10(6-9)14-13-15(2)8-11(18-13)7-12(16)17/h3-6,8H,7H2,1-2H3,(H,16,17)/b14-13+. The van der Waals surface area contributed by atoms with E-state index in [1.54, 1.807) is 0 Å². The number of nitrogens with zero attached hydrogens (tertiary/aromatic N) is 2. The van der Waals surface area contributed by atoms with Gasteiger partial charge >= 0.3 is 5.97 Å². The fraction of sp³-hybridized carbons (Fsp3) is 0.231. The molecule has 0 spiro atoms. The minimum absolute atomic E-state index is 0.0435. The molecule has 1 aromatic heterocycles. The van der Waals surface area contributed by atoms with E-state index in [1.807, 2.05) is 49.0 Å². The molecule has 1 aromatic carbocycles. The first-order valence-corrected chi connectivity index (χ1v) is 6.35. The zero-order chi connectivity index (χ0) is 13.1. The Balaban J connectivity index is 2.38. The molecule has 0 unspecified atom stereocenters. The van der Waals surface area contributed by atoms with Crippen LogP contribution in [0.25, 0.3) is 0 Å². The van der Waals surface area contributed by atoms with Crippen LogP contribution >= 0.6 is 11.3 Å². The Bertz CT molecular complexity index is 640. The van der Waals surface area contributed by atoms with Crippen molar-refractivity contribution < 1.29 is 9.90 Å². The molecule has 0 aliphatic carbocycles. The van der Waals surface area contributed by atoms with Gasteiger partial charge in [-0.25, -0.2) is 4.99 Å². The second-order valence-corrected chi connectivity index (χ2v) is 5.21. The largest absolute Gasteiger partial charge is 0.481 e. The van der Waals surface area contributed by atoms with Gasteiger partial charge in [-0.3, -0.25) is 4.79 Å². The van der Waals surface area contributed by atoms with Gasteiger partial charge in [-0.15, -0.1) is 11.3 Å². The van der Waals surface area contributed by atoms with Crippen LogP contribution in [-0.4, -0.2) is 15.6 Å². The van der Waals surface area contributed by atoms with Crippen molar-refractivity contribution in [3.8, 4) is 0 Å². The van der Waals surface area contributed by atoms with E-state index < -0.39 is 5.97 Å². The Hall–Kier alpha value is -1.88. The van der Waals surface area contributed by atoms with E-state index in [9.17, 15) is 4.79 Å². The molecule has 2 aromatic rings. The molecule has 94 valence electrons. The summed E-state index contributed by atoms with van der Waals surface area (Å²) in [6, 6.07) is 7.91. The van der Waals surface area contributed by atoms with Crippen molar-refractivity contribution in [3.05, 3.63) is 45.7 Å². The fourth-order valence-corrected chi connectivity index (χ4v) is 2.62. The molecule has 0 fully saturated rings. The van der Waals surface area contributed by atoms with Gasteiger partial charge in [-0.05, 0) is 24.6 Å². The summed E-state index contributed by atoms with van der Waals surface area (Å²) in [6.07, 6.45) is 1.86. The first-order chi connectivity index (χ1) is 8.54. The molecule has 2 rings (SSSR count). The zero-order valence-corrected chi connectivity index (χ0v) is 11.1. The lowest BCUT2D eigenvalue weighted by Gasteiger charge is -1.95. The molecule has 5 heteroatoms. The van der Waals surface area contributed by atoms with Gasteiger partial charge in [0.05, 0.1) is 12.1 Å². The second kappa shape index (κ2) is 5.18. The van der Waals surface area contributed by atoms with E-state index in [2.05, 4.69) is 4.99 Å². The minimum atomic E-state index is -0.820. The number of aliphatic carboxylic acids is 1. The molecule has 18 heavy (non-hydrogen) atoms. The van der Waals surface area contributed by atoms with Crippen LogP contribution in [0.15, 0.2) is 35.5 Å². The number of carboxylic acids is 1. The molecule has 4 nitrogen and oxygen atoms in total. The Labute approximate surface area is 109 Å². The van der Waals surface area contributed by atoms with Gasteiger partial charge in [-0.2, -0.15) is 0 Å². The van der Waals surface area contributed by atoms with Crippen LogP contribution in [0.3, 0.4) is 0 Å². The minimum Gasteiger partial charge on any atom is -0.481 e. The van der Waals surface area contributed by atoms with Gasteiger partial charge in [0.2, 0.25) is 0 Å². The van der Waals surface area contributed by atoms with Crippen LogP contribution in [0.2, 0.25) is 0 Å². The molecule has 0 radical (unpaired) electrons. The third-order valence-corrected chi connectivity index (χ3v) is 3.49. The molecular formula is C13H14N2O2S. The van der Waals surface area contributed by atoms with Crippen LogP contribution in [0.1, 0.15) is 10.4 Å². The number of carboxylic acid groups (broad SMARTS) is 1. The van der Waals surface area contributed by atoms with Crippen LogP contribution in [0, 0.1) is 6.92 Å². The fourth-order valence-electron chi connectivity index (χ4n) is 1.63. The summed E-state index contributed by atoms with van der Waals surface area (Å²) in [5, 5.41) is 8.76. The summed E-state index contributed by atoms with van der Waals surface area (Å²) in [6.45, 7) is 2.02. The van der Waals surface area contributed by atoms with Gasteiger partial charge < -0.3 is 9.67 Å². The van der Waals surface area contributed by atoms with Crippen molar-refractivity contribution >= 4 is 23.0 Å². The van der Waals surface area contributed by atoms with E-state index in [1.165, 1.54) is 11.3 Å². The summed E-state index contributed by atoms with van der Waals surface area (Å²) in [5.41, 5.74) is 2.04. The highest BCUT2D eigenvalue weighted by Gasteiger charge is 2.04. The Morgan fingerprint density at radius 1 is 1.50 bits per heavy atom. The van der Waals surface area contributed by atoms with E-state index in [-0.39, 0.29) is 6.42 Å². The van der Waals surface area contributed by atoms with Gasteiger partial charge in [0.1, 0.15) is 0 Å². The Kier molecular flexibility index (Phi) is 3.62. The molecular weight excluding hydrogens is 248 g/mol. The third-order valence-electron chi connectivity index (χ3n) is 2.41. The normalized spacial score (nSPS) is 11.8. The summed E-state index contributed by atoms with van der Waals surface area (Å²) < 4.78 is 1.85. The molecule has 1 N–H and O–H groups in total. The van der Waals surface area contributed by atoms with Crippen molar-refractivity contribution in [1.82, 2.24) is 4.57 Å². The highest BCUT2D eigenvalue weighted by molar-refractivity contribution is 7.09. The molecule has 1 heterocycles. The van der Waals surface area contributed by atoms with Crippen molar-refractivity contribution in [2.45, 2.75) is 13.3 Å². The summed E-state index contributed by atoms with van der Waals surface area (Å²) in [5.74, 6) is -0.820. The van der Waals surface area contributed by atoms with Gasteiger partial charge in [-0.1, -0.05) is 12.1 Å². The van der Waals surface area contributed by atoms with Crippen LogP contribution in [0.5, 0.6) is 0 Å². The van der Waals surface area contributed by atoms with Gasteiger partial charge in [0.15, 0.2) is 4.80 Å². The smallest absolute Gasteiger partial charge is 0.308 e. The van der Waals surface area contributed by atoms with E-state index in [0.29, 0.717) is 0 Å². The molecule has 0 bridgehead atoms. The maximum absolute atomic E-state index is 10.7. The van der Waals surface area contributed by atoms with Crippen LogP contribution < -0.4 is 4.80 Å². The quantitative estimate of drug-likeness (QED) is 0.922. The summed E-state index contributed by atoms with van der Waals surface area (Å²) in [4.78, 5) is 16.8. The highest BCUT2D eigenvalue weighted by Crippen LogP contribution is 2.13. The van der Waals surface area contributed by atoms with Gasteiger partial charge in [0.25, 0.3) is 0 Å². The Morgan fingerprint density at radius 3 is 2.94 bits per heavy atom. The molecule has 0 amide bonds. The zero-order valence-electron chi connectivity index (χ0n) is 10.3. The molecule has 0 saturated carbocycles. The number of carbonyl (C=O) groups is 1. The first-order valence-electron chi connectivity index (χ1n) is 5.53. The average Bonchev–Trinajstić information content (AvgIpc) is 2.58. The first kappa shape index (κ1) is 12.6. The van der Waals surface area contributed by atoms with E-state index in [4.69, 9.17) is 5.11 Å². The second-order valence-electron chi connectivity index (χ2n) is 4.11. The lowest BCUT2D eigenvalue weighted by atomic mass is 10.2. The van der Waals surface area contributed by atoms with Crippen molar-refractivity contribution in [3.63, 3.8) is 0 Å². The molecule has 0 aliphatic rings. The molecule has 0 aliphatic heterocycles. The van der Waals surface area contributed by atoms with E-state index >= 15 is 0 Å². The monoisotopic (exact) mass is 262 g/mol. The van der Waals surface area contributed by atoms with Crippen molar-refractivity contribution in [2.75, 3.05) is 0 Å². The number of aryl methyl sites for hydroxylation is 2. The summed E-state index contributed by atoms with van der Waals surface area (Å²) in [7, 11) is 1.87. The summed E-state index contributed by atoms with van der Waals surface area (Å²) >= 11 is 1.40. The number of aromatic nitrogens is 1. The number of rotatable bonds is 3. The van der Waals surface area contributed by atoms with Crippen molar-refractivity contribution in [1.29, 1.82) is 0 Å².